The van der Waals surface area contributed by atoms with E-state index in [1.54, 1.807) is 0 Å². The zero-order chi connectivity index (χ0) is 13.9. The van der Waals surface area contributed by atoms with E-state index in [9.17, 15) is 0 Å². The van der Waals surface area contributed by atoms with Gasteiger partial charge in [-0.15, -0.1) is 0 Å². The zero-order valence-corrected chi connectivity index (χ0v) is 12.7. The maximum absolute atomic E-state index is 4.64. The zero-order valence-electron chi connectivity index (χ0n) is 12.7. The molecule has 110 valence electrons. The number of hydrogen-bond acceptors (Lipinski definition) is 4. The van der Waals surface area contributed by atoms with E-state index in [-0.39, 0.29) is 0 Å². The van der Waals surface area contributed by atoms with Crippen LogP contribution in [0.3, 0.4) is 0 Å². The van der Waals surface area contributed by atoms with Crippen LogP contribution in [-0.4, -0.2) is 23.6 Å². The highest BCUT2D eigenvalue weighted by Gasteiger charge is 2.41. The molecule has 1 aromatic heterocycles. The Kier molecular flexibility index (Phi) is 4.08. The third-order valence-corrected chi connectivity index (χ3v) is 4.48. The summed E-state index contributed by atoms with van der Waals surface area (Å²) in [6, 6.07) is 2.02. The number of aryl methyl sites for hydroxylation is 1. The number of anilines is 2. The topological polar surface area (TPSA) is 49.8 Å². The van der Waals surface area contributed by atoms with Crippen molar-refractivity contribution in [2.75, 3.05) is 24.2 Å². The molecule has 0 unspecified atom stereocenters. The molecule has 20 heavy (non-hydrogen) atoms. The van der Waals surface area contributed by atoms with E-state index in [1.807, 2.05) is 13.1 Å². The molecular weight excluding hydrogens is 248 g/mol. The highest BCUT2D eigenvalue weighted by Crippen LogP contribution is 2.49. The van der Waals surface area contributed by atoms with Crippen LogP contribution in [0.2, 0.25) is 0 Å². The first-order chi connectivity index (χ1) is 9.80. The van der Waals surface area contributed by atoms with Gasteiger partial charge in [-0.1, -0.05) is 6.92 Å². The number of nitrogens with one attached hydrogen (secondary N) is 2. The predicted molar refractivity (Wildman–Crippen MR) is 83.0 cm³/mol. The Morgan fingerprint density at radius 2 is 1.80 bits per heavy atom. The van der Waals surface area contributed by atoms with Gasteiger partial charge in [0.2, 0.25) is 0 Å². The number of aromatic nitrogens is 2. The molecule has 2 fully saturated rings. The van der Waals surface area contributed by atoms with E-state index >= 15 is 0 Å². The fraction of sp³-hybridized carbons (Fsp3) is 0.750. The van der Waals surface area contributed by atoms with E-state index in [4.69, 9.17) is 0 Å². The molecule has 2 N–H and O–H groups in total. The van der Waals surface area contributed by atoms with Crippen LogP contribution in [0.15, 0.2) is 6.07 Å². The van der Waals surface area contributed by atoms with Crippen molar-refractivity contribution in [3.63, 3.8) is 0 Å². The van der Waals surface area contributed by atoms with Gasteiger partial charge in [0.05, 0.1) is 0 Å². The largest absolute Gasteiger partial charge is 0.373 e. The molecule has 2 aliphatic rings. The van der Waals surface area contributed by atoms with Crippen LogP contribution in [0.5, 0.6) is 0 Å². The molecule has 2 aliphatic carbocycles. The molecule has 0 aromatic carbocycles. The fourth-order valence-corrected chi connectivity index (χ4v) is 3.04. The molecule has 0 atom stereocenters. The van der Waals surface area contributed by atoms with E-state index in [2.05, 4.69) is 27.5 Å². The monoisotopic (exact) mass is 274 g/mol. The second kappa shape index (κ2) is 5.98. The Balaban J connectivity index is 1.64. The van der Waals surface area contributed by atoms with Gasteiger partial charge in [-0.3, -0.25) is 0 Å². The Hall–Kier alpha value is -1.32. The van der Waals surface area contributed by atoms with E-state index in [1.165, 1.54) is 25.7 Å². The summed E-state index contributed by atoms with van der Waals surface area (Å²) in [6.45, 7) is 3.25. The molecule has 0 saturated heterocycles. The normalized spacial score (nSPS) is 18.4. The van der Waals surface area contributed by atoms with Crippen LogP contribution in [-0.2, 0) is 6.42 Å². The molecule has 2 saturated carbocycles. The fourth-order valence-electron chi connectivity index (χ4n) is 3.04. The lowest BCUT2D eigenvalue weighted by Crippen LogP contribution is -2.19. The van der Waals surface area contributed by atoms with E-state index < -0.39 is 0 Å². The molecule has 0 bridgehead atoms. The summed E-state index contributed by atoms with van der Waals surface area (Å²) >= 11 is 0. The van der Waals surface area contributed by atoms with Crippen molar-refractivity contribution in [2.24, 2.45) is 17.8 Å². The minimum Gasteiger partial charge on any atom is -0.373 e. The first-order valence-corrected chi connectivity index (χ1v) is 8.09. The van der Waals surface area contributed by atoms with Gasteiger partial charge in [-0.25, -0.2) is 9.97 Å². The Morgan fingerprint density at radius 1 is 1.15 bits per heavy atom. The van der Waals surface area contributed by atoms with Crippen LogP contribution in [0.25, 0.3) is 0 Å². The van der Waals surface area contributed by atoms with Crippen LogP contribution in [0.1, 0.15) is 44.9 Å². The lowest BCUT2D eigenvalue weighted by molar-refractivity contribution is 0.427. The molecule has 1 heterocycles. The van der Waals surface area contributed by atoms with Gasteiger partial charge in [0.25, 0.3) is 0 Å². The van der Waals surface area contributed by atoms with Crippen LogP contribution < -0.4 is 10.6 Å². The Morgan fingerprint density at radius 3 is 2.35 bits per heavy atom. The molecular formula is C16H26N4. The summed E-state index contributed by atoms with van der Waals surface area (Å²) in [7, 11) is 1.92. The third kappa shape index (κ3) is 3.41. The second-order valence-electron chi connectivity index (χ2n) is 6.27. The molecule has 0 amide bonds. The van der Waals surface area contributed by atoms with Crippen LogP contribution in [0.4, 0.5) is 11.6 Å². The molecule has 0 aliphatic heterocycles. The average molecular weight is 274 g/mol. The summed E-state index contributed by atoms with van der Waals surface area (Å²) in [5.74, 6) is 5.68. The van der Waals surface area contributed by atoms with Gasteiger partial charge in [0.15, 0.2) is 0 Å². The van der Waals surface area contributed by atoms with Crippen molar-refractivity contribution in [3.05, 3.63) is 11.9 Å². The van der Waals surface area contributed by atoms with E-state index in [0.29, 0.717) is 0 Å². The first-order valence-electron chi connectivity index (χ1n) is 8.09. The van der Waals surface area contributed by atoms with E-state index in [0.717, 1.165) is 54.6 Å². The molecule has 3 rings (SSSR count). The minimum absolute atomic E-state index is 0.873. The maximum Gasteiger partial charge on any atom is 0.133 e. The van der Waals surface area contributed by atoms with Crippen LogP contribution in [0, 0.1) is 17.8 Å². The highest BCUT2D eigenvalue weighted by atomic mass is 15.1. The van der Waals surface area contributed by atoms with Gasteiger partial charge >= 0.3 is 0 Å². The molecule has 1 aromatic rings. The summed E-state index contributed by atoms with van der Waals surface area (Å²) in [4.78, 5) is 9.14. The van der Waals surface area contributed by atoms with Gasteiger partial charge in [0, 0.05) is 26.1 Å². The average Bonchev–Trinajstić information content (AvgIpc) is 3.32. The first kappa shape index (κ1) is 13.7. The quantitative estimate of drug-likeness (QED) is 0.763. The van der Waals surface area contributed by atoms with Gasteiger partial charge < -0.3 is 10.6 Å². The smallest absolute Gasteiger partial charge is 0.133 e. The number of hydrogen-bond donors (Lipinski definition) is 2. The molecule has 0 spiro atoms. The number of nitrogens with zero attached hydrogens (tertiary/aromatic N) is 2. The lowest BCUT2D eigenvalue weighted by Gasteiger charge is -2.17. The van der Waals surface area contributed by atoms with Crippen LogP contribution >= 0.6 is 0 Å². The van der Waals surface area contributed by atoms with Crippen molar-refractivity contribution in [2.45, 2.75) is 45.4 Å². The van der Waals surface area contributed by atoms with Crippen molar-refractivity contribution in [3.8, 4) is 0 Å². The third-order valence-electron chi connectivity index (χ3n) is 4.48. The molecule has 4 heteroatoms. The number of rotatable bonds is 8. The minimum atomic E-state index is 0.873. The summed E-state index contributed by atoms with van der Waals surface area (Å²) in [6.07, 6.45) is 7.79. The maximum atomic E-state index is 4.64. The summed E-state index contributed by atoms with van der Waals surface area (Å²) < 4.78 is 0. The summed E-state index contributed by atoms with van der Waals surface area (Å²) in [5.41, 5.74) is 0. The van der Waals surface area contributed by atoms with Gasteiger partial charge in [-0.2, -0.15) is 0 Å². The molecule has 4 nitrogen and oxygen atoms in total. The predicted octanol–water partition coefficient (Wildman–Crippen LogP) is 3.32. The van der Waals surface area contributed by atoms with Crippen molar-refractivity contribution >= 4 is 11.6 Å². The van der Waals surface area contributed by atoms with Crippen molar-refractivity contribution in [1.82, 2.24) is 9.97 Å². The Labute approximate surface area is 121 Å². The highest BCUT2D eigenvalue weighted by molar-refractivity contribution is 5.47. The summed E-state index contributed by atoms with van der Waals surface area (Å²) in [5, 5.41) is 6.70. The second-order valence-corrected chi connectivity index (χ2v) is 6.27. The van der Waals surface area contributed by atoms with Gasteiger partial charge in [0.1, 0.15) is 17.5 Å². The lowest BCUT2D eigenvalue weighted by atomic mass is 9.98. The van der Waals surface area contributed by atoms with Crippen molar-refractivity contribution < 1.29 is 0 Å². The standard InChI is InChI=1S/C16H26N4/c1-3-4-14-19-15(17-2)9-16(20-14)18-10-13(11-5-6-11)12-7-8-12/h9,11-13H,3-8,10H2,1-2H3,(H2,17,18,19,20). The SMILES string of the molecule is CCCc1nc(NC)cc(NCC(C2CC2)C2CC2)n1. The molecule has 0 radical (unpaired) electrons. The van der Waals surface area contributed by atoms with Gasteiger partial charge in [-0.05, 0) is 49.9 Å². The Bertz CT molecular complexity index is 440. The van der Waals surface area contributed by atoms with Crippen molar-refractivity contribution in [1.29, 1.82) is 0 Å².